The van der Waals surface area contributed by atoms with Crippen molar-refractivity contribution in [3.63, 3.8) is 0 Å². The third-order valence-corrected chi connectivity index (χ3v) is 2.34. The molecule has 0 saturated carbocycles. The van der Waals surface area contributed by atoms with Crippen molar-refractivity contribution in [1.82, 2.24) is 9.55 Å². The Kier molecular flexibility index (Phi) is 2.81. The Morgan fingerprint density at radius 3 is 2.88 bits per heavy atom. The van der Waals surface area contributed by atoms with Crippen LogP contribution in [0, 0.1) is 0 Å². The molecule has 0 atom stereocenters. The SMILES string of the molecule is CCOc1cc(-c2nccn2C)ccc1O. The highest BCUT2D eigenvalue weighted by Crippen LogP contribution is 2.30. The average molecular weight is 218 g/mol. The maximum Gasteiger partial charge on any atom is 0.161 e. The van der Waals surface area contributed by atoms with E-state index in [0.29, 0.717) is 12.4 Å². The number of benzene rings is 1. The summed E-state index contributed by atoms with van der Waals surface area (Å²) in [7, 11) is 1.93. The van der Waals surface area contributed by atoms with E-state index < -0.39 is 0 Å². The molecular formula is C12H14N2O2. The van der Waals surface area contributed by atoms with Crippen molar-refractivity contribution in [2.45, 2.75) is 6.92 Å². The van der Waals surface area contributed by atoms with Gasteiger partial charge in [0.2, 0.25) is 0 Å². The Morgan fingerprint density at radius 1 is 1.44 bits per heavy atom. The molecule has 1 heterocycles. The Labute approximate surface area is 94.1 Å². The van der Waals surface area contributed by atoms with Gasteiger partial charge in [-0.15, -0.1) is 0 Å². The van der Waals surface area contributed by atoms with Gasteiger partial charge < -0.3 is 14.4 Å². The molecule has 16 heavy (non-hydrogen) atoms. The van der Waals surface area contributed by atoms with Crippen molar-refractivity contribution in [2.75, 3.05) is 6.61 Å². The van der Waals surface area contributed by atoms with E-state index in [1.165, 1.54) is 0 Å². The molecule has 2 aromatic rings. The van der Waals surface area contributed by atoms with Gasteiger partial charge in [0.15, 0.2) is 11.5 Å². The number of aromatic hydroxyl groups is 1. The van der Waals surface area contributed by atoms with Gasteiger partial charge in [-0.05, 0) is 25.1 Å². The second kappa shape index (κ2) is 4.26. The minimum absolute atomic E-state index is 0.153. The first kappa shape index (κ1) is 10.5. The van der Waals surface area contributed by atoms with E-state index in [4.69, 9.17) is 4.74 Å². The molecule has 0 saturated heterocycles. The van der Waals surface area contributed by atoms with Gasteiger partial charge in [-0.3, -0.25) is 0 Å². The fourth-order valence-corrected chi connectivity index (χ4v) is 1.57. The summed E-state index contributed by atoms with van der Waals surface area (Å²) in [6, 6.07) is 5.23. The van der Waals surface area contributed by atoms with Crippen LogP contribution in [0.25, 0.3) is 11.4 Å². The maximum atomic E-state index is 9.58. The lowest BCUT2D eigenvalue weighted by Crippen LogP contribution is -1.94. The van der Waals surface area contributed by atoms with E-state index in [2.05, 4.69) is 4.98 Å². The minimum Gasteiger partial charge on any atom is -0.504 e. The first-order chi connectivity index (χ1) is 7.72. The number of nitrogens with zero attached hydrogens (tertiary/aromatic N) is 2. The summed E-state index contributed by atoms with van der Waals surface area (Å²) in [6.07, 6.45) is 3.62. The number of phenolic OH excluding ortho intramolecular Hbond substituents is 1. The lowest BCUT2D eigenvalue weighted by Gasteiger charge is -2.08. The van der Waals surface area contributed by atoms with Crippen molar-refractivity contribution >= 4 is 0 Å². The summed E-state index contributed by atoms with van der Waals surface area (Å²) in [6.45, 7) is 2.41. The monoisotopic (exact) mass is 218 g/mol. The zero-order valence-corrected chi connectivity index (χ0v) is 9.34. The first-order valence-electron chi connectivity index (χ1n) is 5.16. The molecule has 0 bridgehead atoms. The molecule has 0 spiro atoms. The van der Waals surface area contributed by atoms with Gasteiger partial charge in [-0.2, -0.15) is 0 Å². The van der Waals surface area contributed by atoms with E-state index in [1.54, 1.807) is 18.3 Å². The Morgan fingerprint density at radius 2 is 2.25 bits per heavy atom. The molecular weight excluding hydrogens is 204 g/mol. The normalized spacial score (nSPS) is 10.4. The van der Waals surface area contributed by atoms with Crippen LogP contribution in [0.3, 0.4) is 0 Å². The van der Waals surface area contributed by atoms with Crippen molar-refractivity contribution in [2.24, 2.45) is 7.05 Å². The third kappa shape index (κ3) is 1.86. The lowest BCUT2D eigenvalue weighted by molar-refractivity contribution is 0.318. The summed E-state index contributed by atoms with van der Waals surface area (Å²) in [5, 5.41) is 9.58. The van der Waals surface area contributed by atoms with Crippen LogP contribution in [0.15, 0.2) is 30.6 Å². The van der Waals surface area contributed by atoms with Gasteiger partial charge in [0, 0.05) is 25.0 Å². The first-order valence-corrected chi connectivity index (χ1v) is 5.16. The molecule has 0 unspecified atom stereocenters. The molecule has 4 heteroatoms. The number of hydrogen-bond donors (Lipinski definition) is 1. The maximum absolute atomic E-state index is 9.58. The molecule has 0 amide bonds. The molecule has 0 radical (unpaired) electrons. The second-order valence-electron chi connectivity index (χ2n) is 3.48. The van der Waals surface area contributed by atoms with Crippen molar-refractivity contribution in [1.29, 1.82) is 0 Å². The summed E-state index contributed by atoms with van der Waals surface area (Å²) >= 11 is 0. The highest BCUT2D eigenvalue weighted by Gasteiger charge is 2.08. The topological polar surface area (TPSA) is 47.3 Å². The van der Waals surface area contributed by atoms with Gasteiger partial charge in [0.1, 0.15) is 5.82 Å². The predicted molar refractivity (Wildman–Crippen MR) is 61.5 cm³/mol. The van der Waals surface area contributed by atoms with E-state index in [9.17, 15) is 5.11 Å². The fourth-order valence-electron chi connectivity index (χ4n) is 1.57. The van der Waals surface area contributed by atoms with Crippen LogP contribution in [0.5, 0.6) is 11.5 Å². The largest absolute Gasteiger partial charge is 0.504 e. The fraction of sp³-hybridized carbons (Fsp3) is 0.250. The van der Waals surface area contributed by atoms with Gasteiger partial charge in [-0.1, -0.05) is 0 Å². The van der Waals surface area contributed by atoms with Crippen molar-refractivity contribution in [3.05, 3.63) is 30.6 Å². The predicted octanol–water partition coefficient (Wildman–Crippen LogP) is 2.19. The average Bonchev–Trinajstić information content (AvgIpc) is 2.68. The van der Waals surface area contributed by atoms with Gasteiger partial charge in [0.05, 0.1) is 6.61 Å². The zero-order valence-electron chi connectivity index (χ0n) is 9.34. The Bertz CT molecular complexity index is 492. The van der Waals surface area contributed by atoms with E-state index in [-0.39, 0.29) is 5.75 Å². The summed E-state index contributed by atoms with van der Waals surface area (Å²) in [4.78, 5) is 4.24. The molecule has 0 aliphatic carbocycles. The van der Waals surface area contributed by atoms with Crippen LogP contribution < -0.4 is 4.74 Å². The quantitative estimate of drug-likeness (QED) is 0.859. The van der Waals surface area contributed by atoms with Crippen LogP contribution >= 0.6 is 0 Å². The van der Waals surface area contributed by atoms with Crippen LogP contribution in [-0.4, -0.2) is 21.3 Å². The highest BCUT2D eigenvalue weighted by atomic mass is 16.5. The summed E-state index contributed by atoms with van der Waals surface area (Å²) < 4.78 is 7.25. The van der Waals surface area contributed by atoms with Gasteiger partial charge in [0.25, 0.3) is 0 Å². The molecule has 0 fully saturated rings. The van der Waals surface area contributed by atoms with Crippen LogP contribution in [-0.2, 0) is 7.05 Å². The van der Waals surface area contributed by atoms with Crippen LogP contribution in [0.2, 0.25) is 0 Å². The smallest absolute Gasteiger partial charge is 0.161 e. The molecule has 1 aromatic heterocycles. The van der Waals surface area contributed by atoms with Gasteiger partial charge >= 0.3 is 0 Å². The summed E-state index contributed by atoms with van der Waals surface area (Å²) in [5.41, 5.74) is 0.925. The Hall–Kier alpha value is -1.97. The molecule has 1 aromatic carbocycles. The number of aryl methyl sites for hydroxylation is 1. The second-order valence-corrected chi connectivity index (χ2v) is 3.48. The molecule has 0 aliphatic heterocycles. The van der Waals surface area contributed by atoms with Crippen molar-refractivity contribution < 1.29 is 9.84 Å². The zero-order chi connectivity index (χ0) is 11.5. The highest BCUT2D eigenvalue weighted by molar-refractivity contribution is 5.61. The minimum atomic E-state index is 0.153. The molecule has 1 N–H and O–H groups in total. The number of ether oxygens (including phenoxy) is 1. The number of hydrogen-bond acceptors (Lipinski definition) is 3. The van der Waals surface area contributed by atoms with Crippen LogP contribution in [0.1, 0.15) is 6.92 Å². The van der Waals surface area contributed by atoms with Crippen molar-refractivity contribution in [3.8, 4) is 22.9 Å². The standard InChI is InChI=1S/C12H14N2O2/c1-3-16-11-8-9(4-5-10(11)15)12-13-6-7-14(12)2/h4-8,15H,3H2,1-2H3. The molecule has 84 valence electrons. The third-order valence-electron chi connectivity index (χ3n) is 2.34. The number of phenols is 1. The van der Waals surface area contributed by atoms with E-state index >= 15 is 0 Å². The summed E-state index contributed by atoms with van der Waals surface area (Å²) in [5.74, 6) is 1.49. The lowest BCUT2D eigenvalue weighted by atomic mass is 10.2. The number of imidazole rings is 1. The van der Waals surface area contributed by atoms with E-state index in [1.807, 2.05) is 30.8 Å². The molecule has 0 aliphatic rings. The van der Waals surface area contributed by atoms with Crippen LogP contribution in [0.4, 0.5) is 0 Å². The number of rotatable bonds is 3. The molecule has 4 nitrogen and oxygen atoms in total. The Balaban J connectivity index is 2.43. The van der Waals surface area contributed by atoms with E-state index in [0.717, 1.165) is 11.4 Å². The van der Waals surface area contributed by atoms with Gasteiger partial charge in [-0.25, -0.2) is 4.98 Å². The molecule has 2 rings (SSSR count). The number of aromatic nitrogens is 2.